The van der Waals surface area contributed by atoms with E-state index in [2.05, 4.69) is 10.6 Å². The van der Waals surface area contributed by atoms with E-state index in [-0.39, 0.29) is 0 Å². The predicted octanol–water partition coefficient (Wildman–Crippen LogP) is 0.837. The second-order valence-corrected chi connectivity index (χ2v) is 4.03. The van der Waals surface area contributed by atoms with Crippen LogP contribution in [0.25, 0.3) is 0 Å². The number of rotatable bonds is 6. The third-order valence-corrected chi connectivity index (χ3v) is 2.58. The van der Waals surface area contributed by atoms with Gasteiger partial charge in [-0.3, -0.25) is 9.59 Å². The van der Waals surface area contributed by atoms with E-state index in [1.54, 1.807) is 11.8 Å². The van der Waals surface area contributed by atoms with Gasteiger partial charge in [0, 0.05) is 6.54 Å². The molecule has 0 fully saturated rings. The number of anilines is 2. The molecule has 0 atom stereocenters. The highest BCUT2D eigenvalue weighted by atomic mass is 32.2. The molecule has 1 aromatic carbocycles. The van der Waals surface area contributed by atoms with Gasteiger partial charge in [-0.1, -0.05) is 6.92 Å². The fraction of sp³-hybridized carbons (Fsp3) is 0.556. The average molecular weight is 214 g/mol. The lowest BCUT2D eigenvalue weighted by molar-refractivity contribution is 1.18. The van der Waals surface area contributed by atoms with Crippen LogP contribution in [-0.2, 0) is 0 Å². The van der Waals surface area contributed by atoms with Crippen LogP contribution in [0.2, 0.25) is 0 Å². The quantitative estimate of drug-likeness (QED) is 0.417. The molecule has 0 aliphatic carbocycles. The molecule has 0 aliphatic rings. The van der Waals surface area contributed by atoms with E-state index < -0.39 is 10.9 Å². The second kappa shape index (κ2) is 5.05. The lowest BCUT2D eigenvalue weighted by Gasteiger charge is -2.12. The molecule has 0 saturated heterocycles. The highest BCUT2D eigenvalue weighted by Crippen LogP contribution is 2.14. The molecule has 0 aromatic heterocycles. The van der Waals surface area contributed by atoms with Crippen LogP contribution in [0.1, 0.15) is 13.8 Å². The highest BCUT2D eigenvalue weighted by molar-refractivity contribution is 7.99. The smallest absolute Gasteiger partial charge is 0.253 e. The van der Waals surface area contributed by atoms with E-state index in [1.807, 2.05) is 13.8 Å². The Morgan fingerprint density at radius 1 is 1.07 bits per heavy atom. The molecule has 4 nitrogen and oxygen atoms in total. The molecule has 0 spiro atoms. The summed E-state index contributed by atoms with van der Waals surface area (Å²) in [5.41, 5.74) is 0.0699. The zero-order chi connectivity index (χ0) is 10.6. The molecule has 0 radical (unpaired) electrons. The molecule has 0 saturated carbocycles. The Labute approximate surface area is 86.8 Å². The van der Waals surface area contributed by atoms with E-state index in [0.29, 0.717) is 23.8 Å². The van der Waals surface area contributed by atoms with Gasteiger partial charge in [-0.2, -0.15) is 0 Å². The van der Waals surface area contributed by atoms with Crippen LogP contribution < -0.4 is 21.5 Å². The Morgan fingerprint density at radius 3 is 2.14 bits per heavy atom. The molecule has 0 bridgehead atoms. The molecule has 14 heavy (non-hydrogen) atoms. The van der Waals surface area contributed by atoms with Gasteiger partial charge >= 0.3 is 0 Å². The summed E-state index contributed by atoms with van der Waals surface area (Å²) in [5, 5.41) is 5.82. The first-order valence-corrected chi connectivity index (χ1v) is 5.76. The van der Waals surface area contributed by atoms with Crippen LogP contribution in [0.5, 0.6) is 0 Å². The van der Waals surface area contributed by atoms with Crippen molar-refractivity contribution < 1.29 is 0 Å². The Hall–Kier alpha value is -0.970. The molecular weight excluding hydrogens is 200 g/mol. The molecule has 1 rings (SSSR count). The lowest BCUT2D eigenvalue weighted by atomic mass is 10.2. The van der Waals surface area contributed by atoms with E-state index in [4.69, 9.17) is 0 Å². The molecule has 0 unspecified atom stereocenters. The van der Waals surface area contributed by atoms with Crippen molar-refractivity contribution in [3.8, 4) is 0 Å². The maximum Gasteiger partial charge on any atom is 0.253 e. The van der Waals surface area contributed by atoms with Crippen LogP contribution in [-0.4, -0.2) is 18.2 Å². The van der Waals surface area contributed by atoms with Crippen molar-refractivity contribution in [3.63, 3.8) is 0 Å². The van der Waals surface area contributed by atoms with E-state index >= 15 is 0 Å². The van der Waals surface area contributed by atoms with Crippen LogP contribution in [0.15, 0.2) is 9.59 Å². The van der Waals surface area contributed by atoms with Crippen molar-refractivity contribution in [2.75, 3.05) is 28.8 Å². The number of hydrogen-bond acceptors (Lipinski definition) is 5. The van der Waals surface area contributed by atoms with Crippen molar-refractivity contribution in [1.29, 1.82) is 0 Å². The van der Waals surface area contributed by atoms with E-state index in [1.165, 1.54) is 0 Å². The third-order valence-electron chi connectivity index (χ3n) is 1.82. The molecule has 5 heteroatoms. The van der Waals surface area contributed by atoms with Gasteiger partial charge in [0.05, 0.1) is 5.88 Å². The van der Waals surface area contributed by atoms with Crippen LogP contribution in [0.3, 0.4) is 0 Å². The van der Waals surface area contributed by atoms with Crippen molar-refractivity contribution in [2.24, 2.45) is 0 Å². The van der Waals surface area contributed by atoms with Gasteiger partial charge in [0.2, 0.25) is 0 Å². The van der Waals surface area contributed by atoms with Gasteiger partial charge in [-0.15, -0.1) is 11.8 Å². The fourth-order valence-electron chi connectivity index (χ4n) is 1.13. The third kappa shape index (κ3) is 2.09. The normalized spacial score (nSPS) is 10.4. The minimum absolute atomic E-state index is 0.405. The zero-order valence-electron chi connectivity index (χ0n) is 8.35. The lowest BCUT2D eigenvalue weighted by Crippen LogP contribution is -2.37. The minimum atomic E-state index is -0.407. The van der Waals surface area contributed by atoms with Gasteiger partial charge in [-0.25, -0.2) is 0 Å². The topological polar surface area (TPSA) is 58.2 Å². The summed E-state index contributed by atoms with van der Waals surface area (Å²) in [6, 6.07) is 0. The number of nitrogens with one attached hydrogen (secondary N) is 2. The number of thioether (sulfide) groups is 1. The van der Waals surface area contributed by atoms with Crippen LogP contribution in [0.4, 0.5) is 11.4 Å². The van der Waals surface area contributed by atoms with Gasteiger partial charge < -0.3 is 10.6 Å². The molecular formula is C9H14N2O2S. The van der Waals surface area contributed by atoms with Crippen molar-refractivity contribution in [1.82, 2.24) is 0 Å². The molecule has 2 N–H and O–H groups in total. The predicted molar refractivity (Wildman–Crippen MR) is 62.1 cm³/mol. The Morgan fingerprint density at radius 2 is 1.64 bits per heavy atom. The average Bonchev–Trinajstić information content (AvgIpc) is 2.21. The highest BCUT2D eigenvalue weighted by Gasteiger charge is 2.19. The summed E-state index contributed by atoms with van der Waals surface area (Å²) in [7, 11) is 0. The summed E-state index contributed by atoms with van der Waals surface area (Å²) >= 11 is 1.67. The first-order valence-electron chi connectivity index (χ1n) is 4.61. The fourth-order valence-corrected chi connectivity index (χ4v) is 1.58. The monoisotopic (exact) mass is 214 g/mol. The molecule has 1 aromatic rings. The van der Waals surface area contributed by atoms with Crippen molar-refractivity contribution in [2.45, 2.75) is 13.8 Å². The van der Waals surface area contributed by atoms with Crippen molar-refractivity contribution in [3.05, 3.63) is 20.4 Å². The summed E-state index contributed by atoms with van der Waals surface area (Å²) in [4.78, 5) is 22.2. The standard InChI is InChI=1S/C9H14N2O2S/c1-3-10-6-7(9(13)8(6)12)11-5-14-4-2/h10-11H,3-5H2,1-2H3. The van der Waals surface area contributed by atoms with Gasteiger partial charge in [0.15, 0.2) is 0 Å². The second-order valence-electron chi connectivity index (χ2n) is 2.75. The molecule has 0 amide bonds. The summed E-state index contributed by atoms with van der Waals surface area (Å²) in [6.07, 6.45) is 0. The van der Waals surface area contributed by atoms with Crippen LogP contribution in [0, 0.1) is 0 Å². The van der Waals surface area contributed by atoms with E-state index in [9.17, 15) is 9.59 Å². The molecule has 0 aliphatic heterocycles. The maximum absolute atomic E-state index is 11.1. The van der Waals surface area contributed by atoms with Gasteiger partial charge in [0.25, 0.3) is 10.9 Å². The summed E-state index contributed by atoms with van der Waals surface area (Å²) < 4.78 is 0. The van der Waals surface area contributed by atoms with E-state index in [0.717, 1.165) is 5.75 Å². The Bertz CT molecular complexity index is 369. The first kappa shape index (κ1) is 11.1. The SMILES string of the molecule is CCNc1c(NCSCC)c(=O)c1=O. The minimum Gasteiger partial charge on any atom is -0.380 e. The first-order chi connectivity index (χ1) is 6.72. The van der Waals surface area contributed by atoms with Crippen LogP contribution >= 0.6 is 11.8 Å². The maximum atomic E-state index is 11.1. The summed E-state index contributed by atoms with van der Waals surface area (Å²) in [5.74, 6) is 1.65. The molecule has 0 heterocycles. The molecule has 78 valence electrons. The largest absolute Gasteiger partial charge is 0.380 e. The van der Waals surface area contributed by atoms with Crippen molar-refractivity contribution >= 4 is 23.1 Å². The summed E-state index contributed by atoms with van der Waals surface area (Å²) in [6.45, 7) is 4.58. The number of hydrogen-bond donors (Lipinski definition) is 2. The Kier molecular flexibility index (Phi) is 4.00. The van der Waals surface area contributed by atoms with Gasteiger partial charge in [0.1, 0.15) is 11.4 Å². The van der Waals surface area contributed by atoms with Gasteiger partial charge in [-0.05, 0) is 12.7 Å². The Balaban J connectivity index is 2.62. The zero-order valence-corrected chi connectivity index (χ0v) is 9.16.